The van der Waals surface area contributed by atoms with Gasteiger partial charge in [-0.3, -0.25) is 9.97 Å². The largest absolute Gasteiger partial charge is 0.255 e. The van der Waals surface area contributed by atoms with Crippen molar-refractivity contribution in [1.29, 1.82) is 0 Å². The number of hydrogen-bond acceptors (Lipinski definition) is 3. The number of hydrogen-bond donors (Lipinski definition) is 0. The lowest BCUT2D eigenvalue weighted by atomic mass is 10.2. The predicted molar refractivity (Wildman–Crippen MR) is 72.3 cm³/mol. The fraction of sp³-hybridized carbons (Fsp3) is 0. The first kappa shape index (κ1) is 10.7. The quantitative estimate of drug-likeness (QED) is 0.655. The van der Waals surface area contributed by atoms with Gasteiger partial charge < -0.3 is 0 Å². The standard InChI is InChI=1S/C13H8ClN2S/c1-8-2-3-10(16-7-8)12-6-11-13(17-12)9(14)4-5-15-11/h2-7H,1H2. The van der Waals surface area contributed by atoms with Gasteiger partial charge in [-0.15, -0.1) is 11.3 Å². The van der Waals surface area contributed by atoms with Crippen LogP contribution in [0.1, 0.15) is 5.56 Å². The lowest BCUT2D eigenvalue weighted by Gasteiger charge is -1.95. The second-order valence-corrected chi connectivity index (χ2v) is 5.13. The molecule has 3 aromatic heterocycles. The number of halogens is 1. The average molecular weight is 260 g/mol. The Morgan fingerprint density at radius 1 is 1.18 bits per heavy atom. The second kappa shape index (κ2) is 4.09. The molecule has 17 heavy (non-hydrogen) atoms. The summed E-state index contributed by atoms with van der Waals surface area (Å²) in [4.78, 5) is 9.71. The molecule has 3 heterocycles. The first-order chi connectivity index (χ1) is 8.24. The van der Waals surface area contributed by atoms with E-state index in [1.165, 1.54) is 0 Å². The SMILES string of the molecule is [CH2]c1ccc(-c2cc3nccc(Cl)c3s2)nc1. The summed E-state index contributed by atoms with van der Waals surface area (Å²) in [5.74, 6) is 0. The monoisotopic (exact) mass is 259 g/mol. The summed E-state index contributed by atoms with van der Waals surface area (Å²) in [6.45, 7) is 3.82. The van der Waals surface area contributed by atoms with Crippen LogP contribution in [0.2, 0.25) is 5.02 Å². The van der Waals surface area contributed by atoms with Gasteiger partial charge in [-0.25, -0.2) is 0 Å². The van der Waals surface area contributed by atoms with Crippen LogP contribution in [-0.4, -0.2) is 9.97 Å². The highest BCUT2D eigenvalue weighted by atomic mass is 35.5. The second-order valence-electron chi connectivity index (χ2n) is 3.67. The van der Waals surface area contributed by atoms with Crippen LogP contribution in [0.15, 0.2) is 36.7 Å². The van der Waals surface area contributed by atoms with Crippen LogP contribution in [0.5, 0.6) is 0 Å². The van der Waals surface area contributed by atoms with E-state index in [1.54, 1.807) is 29.8 Å². The van der Waals surface area contributed by atoms with E-state index >= 15 is 0 Å². The van der Waals surface area contributed by atoms with Crippen molar-refractivity contribution >= 4 is 33.2 Å². The Balaban J connectivity index is 2.18. The van der Waals surface area contributed by atoms with Crippen LogP contribution >= 0.6 is 22.9 Å². The van der Waals surface area contributed by atoms with Crippen molar-refractivity contribution in [1.82, 2.24) is 9.97 Å². The van der Waals surface area contributed by atoms with Gasteiger partial charge in [-0.2, -0.15) is 0 Å². The van der Waals surface area contributed by atoms with Gasteiger partial charge in [0.1, 0.15) is 0 Å². The first-order valence-electron chi connectivity index (χ1n) is 5.06. The van der Waals surface area contributed by atoms with Crippen molar-refractivity contribution in [3.63, 3.8) is 0 Å². The fourth-order valence-corrected chi connectivity index (χ4v) is 2.87. The summed E-state index contributed by atoms with van der Waals surface area (Å²) in [6.07, 6.45) is 3.47. The molecule has 0 unspecified atom stereocenters. The normalized spacial score (nSPS) is 10.9. The highest BCUT2D eigenvalue weighted by Crippen LogP contribution is 2.35. The Morgan fingerprint density at radius 3 is 2.76 bits per heavy atom. The number of pyridine rings is 2. The molecule has 3 aromatic rings. The number of nitrogens with zero attached hydrogens (tertiary/aromatic N) is 2. The molecular formula is C13H8ClN2S. The minimum atomic E-state index is 0.736. The van der Waals surface area contributed by atoms with Crippen LogP contribution in [0, 0.1) is 6.92 Å². The summed E-state index contributed by atoms with van der Waals surface area (Å²) < 4.78 is 1.00. The summed E-state index contributed by atoms with van der Waals surface area (Å²) in [5, 5.41) is 0.736. The molecule has 2 nitrogen and oxygen atoms in total. The fourth-order valence-electron chi connectivity index (χ4n) is 1.60. The molecule has 0 spiro atoms. The van der Waals surface area contributed by atoms with E-state index in [9.17, 15) is 0 Å². The highest BCUT2D eigenvalue weighted by Gasteiger charge is 2.08. The third-order valence-electron chi connectivity index (χ3n) is 2.44. The number of fused-ring (bicyclic) bond motifs is 1. The lowest BCUT2D eigenvalue weighted by molar-refractivity contribution is 1.31. The minimum absolute atomic E-state index is 0.736. The molecule has 0 N–H and O–H groups in total. The molecule has 0 aliphatic rings. The maximum Gasteiger partial charge on any atom is 0.0831 e. The molecule has 0 aromatic carbocycles. The van der Waals surface area contributed by atoms with E-state index in [0.29, 0.717) is 0 Å². The van der Waals surface area contributed by atoms with Crippen molar-refractivity contribution in [2.75, 3.05) is 0 Å². The first-order valence-corrected chi connectivity index (χ1v) is 6.26. The minimum Gasteiger partial charge on any atom is -0.255 e. The van der Waals surface area contributed by atoms with Crippen LogP contribution in [0.3, 0.4) is 0 Å². The number of thiophene rings is 1. The maximum absolute atomic E-state index is 6.12. The van der Waals surface area contributed by atoms with E-state index in [0.717, 1.165) is 31.4 Å². The summed E-state index contributed by atoms with van der Waals surface area (Å²) in [7, 11) is 0. The van der Waals surface area contributed by atoms with E-state index < -0.39 is 0 Å². The number of aromatic nitrogens is 2. The summed E-state index contributed by atoms with van der Waals surface area (Å²) in [6, 6.07) is 7.72. The van der Waals surface area contributed by atoms with Crippen molar-refractivity contribution in [3.8, 4) is 10.6 Å². The molecule has 1 radical (unpaired) electrons. The molecular weight excluding hydrogens is 252 g/mol. The molecule has 0 saturated heterocycles. The maximum atomic E-state index is 6.12. The van der Waals surface area contributed by atoms with Crippen molar-refractivity contribution in [2.24, 2.45) is 0 Å². The Kier molecular flexibility index (Phi) is 2.57. The smallest absolute Gasteiger partial charge is 0.0831 e. The van der Waals surface area contributed by atoms with Crippen LogP contribution < -0.4 is 0 Å². The van der Waals surface area contributed by atoms with Crippen molar-refractivity contribution in [2.45, 2.75) is 0 Å². The third kappa shape index (κ3) is 1.92. The molecule has 0 bridgehead atoms. The molecule has 3 rings (SSSR count). The van der Waals surface area contributed by atoms with Crippen LogP contribution in [-0.2, 0) is 0 Å². The zero-order valence-corrected chi connectivity index (χ0v) is 10.4. The van der Waals surface area contributed by atoms with Crippen molar-refractivity contribution in [3.05, 3.63) is 54.2 Å². The molecule has 0 aliphatic carbocycles. The van der Waals surface area contributed by atoms with Gasteiger partial charge >= 0.3 is 0 Å². The van der Waals surface area contributed by atoms with Gasteiger partial charge in [0.05, 0.1) is 25.8 Å². The van der Waals surface area contributed by atoms with E-state index in [4.69, 9.17) is 11.6 Å². The Hall–Kier alpha value is -1.45. The van der Waals surface area contributed by atoms with Gasteiger partial charge in [0.15, 0.2) is 0 Å². The van der Waals surface area contributed by atoms with Gasteiger partial charge in [-0.05, 0) is 30.7 Å². The zero-order chi connectivity index (χ0) is 11.8. The molecule has 0 aliphatic heterocycles. The molecule has 4 heteroatoms. The Labute approximate surface area is 108 Å². The third-order valence-corrected chi connectivity index (χ3v) is 4.05. The predicted octanol–water partition coefficient (Wildman–Crippen LogP) is 4.19. The van der Waals surface area contributed by atoms with Gasteiger partial charge in [0.25, 0.3) is 0 Å². The topological polar surface area (TPSA) is 25.8 Å². The molecule has 0 amide bonds. The van der Waals surface area contributed by atoms with Gasteiger partial charge in [-0.1, -0.05) is 17.7 Å². The lowest BCUT2D eigenvalue weighted by Crippen LogP contribution is -1.80. The number of rotatable bonds is 1. The molecule has 0 saturated carbocycles. The zero-order valence-electron chi connectivity index (χ0n) is 8.85. The molecule has 0 atom stereocenters. The Bertz CT molecular complexity index is 673. The average Bonchev–Trinajstić information content (AvgIpc) is 2.75. The van der Waals surface area contributed by atoms with Crippen LogP contribution in [0.4, 0.5) is 0 Å². The van der Waals surface area contributed by atoms with Gasteiger partial charge in [0.2, 0.25) is 0 Å². The Morgan fingerprint density at radius 2 is 2.06 bits per heavy atom. The van der Waals surface area contributed by atoms with Crippen molar-refractivity contribution < 1.29 is 0 Å². The van der Waals surface area contributed by atoms with Crippen LogP contribution in [0.25, 0.3) is 20.8 Å². The van der Waals surface area contributed by atoms with E-state index in [2.05, 4.69) is 16.9 Å². The molecule has 0 fully saturated rings. The van der Waals surface area contributed by atoms with Gasteiger partial charge in [0, 0.05) is 12.4 Å². The van der Waals surface area contributed by atoms with E-state index in [-0.39, 0.29) is 0 Å². The summed E-state index contributed by atoms with van der Waals surface area (Å²) in [5.41, 5.74) is 2.75. The summed E-state index contributed by atoms with van der Waals surface area (Å²) >= 11 is 7.73. The highest BCUT2D eigenvalue weighted by molar-refractivity contribution is 7.22. The van der Waals surface area contributed by atoms with E-state index in [1.807, 2.05) is 18.2 Å². The molecule has 83 valence electrons.